The molecule has 0 amide bonds. The molecular weight excluding hydrogens is 245 g/mol. The van der Waals surface area contributed by atoms with Crippen LogP contribution in [-0.2, 0) is 6.54 Å². The van der Waals surface area contributed by atoms with E-state index in [-0.39, 0.29) is 5.56 Å². The molecule has 0 bridgehead atoms. The van der Waals surface area contributed by atoms with Crippen LogP contribution < -0.4 is 5.32 Å². The fraction of sp³-hybridized carbons (Fsp3) is 0.533. The molecule has 0 radical (unpaired) electrons. The minimum atomic E-state index is -1.23. The summed E-state index contributed by atoms with van der Waals surface area (Å²) in [6.07, 6.45) is 3.47. The molecule has 0 saturated heterocycles. The van der Waals surface area contributed by atoms with Crippen LogP contribution in [0.25, 0.3) is 0 Å². The van der Waals surface area contributed by atoms with Crippen molar-refractivity contribution in [2.45, 2.75) is 45.7 Å². The summed E-state index contributed by atoms with van der Waals surface area (Å²) in [7, 11) is 0. The number of carbonyl (C=O) groups is 1. The monoisotopic (exact) mass is 265 g/mol. The smallest absolute Gasteiger partial charge is 0.338 e. The van der Waals surface area contributed by atoms with Gasteiger partial charge in [-0.25, -0.2) is 9.18 Å². The number of benzene rings is 1. The third-order valence-corrected chi connectivity index (χ3v) is 3.83. The van der Waals surface area contributed by atoms with Crippen LogP contribution in [-0.4, -0.2) is 17.1 Å². The Balaban J connectivity index is 1.94. The summed E-state index contributed by atoms with van der Waals surface area (Å²) in [5.74, 6) is -1.90. The number of rotatable bonds is 4. The molecule has 1 fully saturated rings. The molecule has 2 N–H and O–H groups in total. The lowest BCUT2D eigenvalue weighted by molar-refractivity contribution is 0.0692. The summed E-state index contributed by atoms with van der Waals surface area (Å²) in [5.41, 5.74) is 0.897. The summed E-state index contributed by atoms with van der Waals surface area (Å²) in [5, 5.41) is 12.2. The van der Waals surface area contributed by atoms with Gasteiger partial charge in [0, 0.05) is 12.6 Å². The van der Waals surface area contributed by atoms with E-state index >= 15 is 0 Å². The first-order valence-corrected chi connectivity index (χ1v) is 6.62. The maximum absolute atomic E-state index is 13.5. The second-order valence-electron chi connectivity index (χ2n) is 6.10. The van der Waals surface area contributed by atoms with Gasteiger partial charge < -0.3 is 10.4 Å². The Bertz CT molecular complexity index is 485. The van der Waals surface area contributed by atoms with Crippen molar-refractivity contribution in [3.63, 3.8) is 0 Å². The zero-order valence-corrected chi connectivity index (χ0v) is 11.4. The highest BCUT2D eigenvalue weighted by Gasteiger charge is 2.30. The first-order chi connectivity index (χ1) is 8.87. The van der Waals surface area contributed by atoms with Gasteiger partial charge in [-0.15, -0.1) is 0 Å². The summed E-state index contributed by atoms with van der Waals surface area (Å²) in [4.78, 5) is 10.7. The van der Waals surface area contributed by atoms with Gasteiger partial charge in [0.05, 0.1) is 5.56 Å². The highest BCUT2D eigenvalue weighted by Crippen LogP contribution is 2.36. The van der Waals surface area contributed by atoms with Gasteiger partial charge in [0.15, 0.2) is 0 Å². The highest BCUT2D eigenvalue weighted by molar-refractivity contribution is 5.87. The molecule has 1 aliphatic carbocycles. The standard InChI is InChI=1S/C15H20FNO2/c1-15(2)6-5-11(8-15)17-9-10-3-4-12(14(18)19)13(16)7-10/h3-4,7,11,17H,5-6,8-9H2,1-2H3,(H,18,19). The average molecular weight is 265 g/mol. The molecule has 104 valence electrons. The molecule has 0 aromatic heterocycles. The van der Waals surface area contributed by atoms with E-state index in [4.69, 9.17) is 5.11 Å². The number of hydrogen-bond acceptors (Lipinski definition) is 2. The third kappa shape index (κ3) is 3.53. The fourth-order valence-corrected chi connectivity index (χ4v) is 2.71. The third-order valence-electron chi connectivity index (χ3n) is 3.83. The van der Waals surface area contributed by atoms with Crippen LogP contribution in [0.2, 0.25) is 0 Å². The zero-order chi connectivity index (χ0) is 14.0. The predicted molar refractivity (Wildman–Crippen MR) is 71.6 cm³/mol. The van der Waals surface area contributed by atoms with Gasteiger partial charge in [-0.3, -0.25) is 0 Å². The van der Waals surface area contributed by atoms with Crippen molar-refractivity contribution in [2.24, 2.45) is 5.41 Å². The van der Waals surface area contributed by atoms with E-state index in [0.717, 1.165) is 18.4 Å². The number of aromatic carboxylic acids is 1. The maximum atomic E-state index is 13.5. The molecule has 0 spiro atoms. The van der Waals surface area contributed by atoms with Crippen molar-refractivity contribution >= 4 is 5.97 Å². The highest BCUT2D eigenvalue weighted by atomic mass is 19.1. The molecule has 19 heavy (non-hydrogen) atoms. The van der Waals surface area contributed by atoms with Crippen molar-refractivity contribution in [3.05, 3.63) is 35.1 Å². The van der Waals surface area contributed by atoms with Crippen molar-refractivity contribution in [1.29, 1.82) is 0 Å². The molecule has 0 aliphatic heterocycles. The Kier molecular flexibility index (Phi) is 3.90. The van der Waals surface area contributed by atoms with E-state index in [9.17, 15) is 9.18 Å². The molecule has 3 nitrogen and oxygen atoms in total. The van der Waals surface area contributed by atoms with Crippen molar-refractivity contribution in [1.82, 2.24) is 5.32 Å². The SMILES string of the molecule is CC1(C)CCC(NCc2ccc(C(=O)O)c(F)c2)C1. The van der Waals surface area contributed by atoms with Gasteiger partial charge in [-0.1, -0.05) is 19.9 Å². The van der Waals surface area contributed by atoms with Crippen molar-refractivity contribution in [3.8, 4) is 0 Å². The predicted octanol–water partition coefficient (Wildman–Crippen LogP) is 3.19. The number of carboxylic acids is 1. The molecule has 4 heteroatoms. The molecular formula is C15H20FNO2. The van der Waals surface area contributed by atoms with E-state index in [1.807, 2.05) is 0 Å². The number of halogens is 1. The number of hydrogen-bond donors (Lipinski definition) is 2. The quantitative estimate of drug-likeness (QED) is 0.879. The van der Waals surface area contributed by atoms with Crippen LogP contribution in [0.3, 0.4) is 0 Å². The molecule has 1 saturated carbocycles. The van der Waals surface area contributed by atoms with Crippen LogP contribution in [0, 0.1) is 11.2 Å². The maximum Gasteiger partial charge on any atom is 0.338 e. The van der Waals surface area contributed by atoms with E-state index < -0.39 is 11.8 Å². The Morgan fingerprint density at radius 3 is 2.79 bits per heavy atom. The van der Waals surface area contributed by atoms with Gasteiger partial charge in [0.2, 0.25) is 0 Å². The van der Waals surface area contributed by atoms with Crippen LogP contribution in [0.1, 0.15) is 49.0 Å². The lowest BCUT2D eigenvalue weighted by Crippen LogP contribution is -2.26. The molecule has 1 aromatic carbocycles. The first-order valence-electron chi connectivity index (χ1n) is 6.62. The molecule has 1 atom stereocenters. The van der Waals surface area contributed by atoms with Crippen LogP contribution in [0.5, 0.6) is 0 Å². The van der Waals surface area contributed by atoms with Crippen LogP contribution in [0.15, 0.2) is 18.2 Å². The van der Waals surface area contributed by atoms with Gasteiger partial charge in [0.1, 0.15) is 5.82 Å². The van der Waals surface area contributed by atoms with Gasteiger partial charge in [0.25, 0.3) is 0 Å². The molecule has 0 heterocycles. The Morgan fingerprint density at radius 1 is 1.53 bits per heavy atom. The van der Waals surface area contributed by atoms with Crippen molar-refractivity contribution in [2.75, 3.05) is 0 Å². The molecule has 1 aromatic rings. The summed E-state index contributed by atoms with van der Waals surface area (Å²) in [6.45, 7) is 5.10. The summed E-state index contributed by atoms with van der Waals surface area (Å²) < 4.78 is 13.5. The number of carboxylic acid groups (broad SMARTS) is 1. The second kappa shape index (κ2) is 5.29. The van der Waals surface area contributed by atoms with E-state index in [1.165, 1.54) is 18.6 Å². The Labute approximate surface area is 112 Å². The normalized spacial score (nSPS) is 21.5. The minimum Gasteiger partial charge on any atom is -0.478 e. The molecule has 1 unspecified atom stereocenters. The molecule has 1 aliphatic rings. The lowest BCUT2D eigenvalue weighted by Gasteiger charge is -2.18. The van der Waals surface area contributed by atoms with E-state index in [1.54, 1.807) is 6.07 Å². The Morgan fingerprint density at radius 2 is 2.26 bits per heavy atom. The topological polar surface area (TPSA) is 49.3 Å². The summed E-state index contributed by atoms with van der Waals surface area (Å²) in [6, 6.07) is 4.76. The summed E-state index contributed by atoms with van der Waals surface area (Å²) >= 11 is 0. The van der Waals surface area contributed by atoms with E-state index in [0.29, 0.717) is 18.0 Å². The van der Waals surface area contributed by atoms with Gasteiger partial charge in [-0.05, 0) is 42.4 Å². The van der Waals surface area contributed by atoms with Crippen LogP contribution in [0.4, 0.5) is 4.39 Å². The Hall–Kier alpha value is -1.42. The largest absolute Gasteiger partial charge is 0.478 e. The van der Waals surface area contributed by atoms with E-state index in [2.05, 4.69) is 19.2 Å². The zero-order valence-electron chi connectivity index (χ0n) is 11.4. The second-order valence-corrected chi connectivity index (χ2v) is 6.10. The average Bonchev–Trinajstić information content (AvgIpc) is 2.66. The van der Waals surface area contributed by atoms with Gasteiger partial charge >= 0.3 is 5.97 Å². The minimum absolute atomic E-state index is 0.272. The van der Waals surface area contributed by atoms with Crippen LogP contribution >= 0.6 is 0 Å². The lowest BCUT2D eigenvalue weighted by atomic mass is 9.92. The first kappa shape index (κ1) is 14.0. The van der Waals surface area contributed by atoms with Gasteiger partial charge in [-0.2, -0.15) is 0 Å². The molecule has 2 rings (SSSR count). The van der Waals surface area contributed by atoms with Crippen molar-refractivity contribution < 1.29 is 14.3 Å². The number of nitrogens with one attached hydrogen (secondary N) is 1. The fourth-order valence-electron chi connectivity index (χ4n) is 2.71.